The molecule has 0 radical (unpaired) electrons. The first-order valence-corrected chi connectivity index (χ1v) is 6.48. The summed E-state index contributed by atoms with van der Waals surface area (Å²) in [7, 11) is 0. The number of hydrogen-bond donors (Lipinski definition) is 2. The molecule has 1 atom stereocenters. The molecule has 0 fully saturated rings. The first-order valence-electron chi connectivity index (χ1n) is 6.48. The number of unbranched alkanes of at least 4 members (excludes halogenated alkanes) is 2. The van der Waals surface area contributed by atoms with Gasteiger partial charge in [0.25, 0.3) is 5.91 Å². The highest BCUT2D eigenvalue weighted by Gasteiger charge is 2.24. The molecule has 0 aromatic heterocycles. The van der Waals surface area contributed by atoms with Gasteiger partial charge < -0.3 is 11.1 Å². The first-order chi connectivity index (χ1) is 10.4. The van der Waals surface area contributed by atoms with Crippen LogP contribution in [0.5, 0.6) is 0 Å². The van der Waals surface area contributed by atoms with E-state index in [1.54, 1.807) is 0 Å². The second kappa shape index (κ2) is 8.02. The lowest BCUT2D eigenvalue weighted by atomic mass is 10.1. The van der Waals surface area contributed by atoms with E-state index in [9.17, 15) is 22.8 Å². The Balaban J connectivity index is 2.80. The third-order valence-electron chi connectivity index (χ3n) is 2.91. The van der Waals surface area contributed by atoms with Crippen LogP contribution in [0.3, 0.4) is 0 Å². The van der Waals surface area contributed by atoms with Gasteiger partial charge in [-0.2, -0.15) is 5.26 Å². The number of hydrogen-bond acceptors (Lipinski definition) is 3. The Morgan fingerprint density at radius 2 is 1.82 bits per heavy atom. The Morgan fingerprint density at radius 3 is 2.32 bits per heavy atom. The third kappa shape index (κ3) is 4.77. The molecule has 0 unspecified atom stereocenters. The Labute approximate surface area is 124 Å². The minimum atomic E-state index is -1.37. The number of nitrogens with two attached hydrogens (primary N) is 1. The van der Waals surface area contributed by atoms with E-state index in [1.807, 2.05) is 6.07 Å². The zero-order valence-corrected chi connectivity index (χ0v) is 11.5. The molecule has 5 nitrogen and oxygen atoms in total. The molecule has 3 N–H and O–H groups in total. The molecule has 0 spiro atoms. The molecular weight excluding hydrogens is 299 g/mol. The Bertz CT molecular complexity index is 591. The molecule has 22 heavy (non-hydrogen) atoms. The normalized spacial score (nSPS) is 11.5. The molecule has 0 bridgehead atoms. The second-order valence-corrected chi connectivity index (χ2v) is 4.58. The fourth-order valence-corrected chi connectivity index (χ4v) is 1.83. The van der Waals surface area contributed by atoms with E-state index in [2.05, 4.69) is 5.32 Å². The number of rotatable bonds is 7. The van der Waals surface area contributed by atoms with Crippen LogP contribution >= 0.6 is 0 Å². The van der Waals surface area contributed by atoms with Gasteiger partial charge in [-0.15, -0.1) is 0 Å². The Kier molecular flexibility index (Phi) is 6.38. The maximum Gasteiger partial charge on any atom is 0.257 e. The van der Waals surface area contributed by atoms with Gasteiger partial charge in [0.2, 0.25) is 5.91 Å². The van der Waals surface area contributed by atoms with Gasteiger partial charge in [-0.05, 0) is 19.3 Å². The maximum absolute atomic E-state index is 13.5. The van der Waals surface area contributed by atoms with E-state index < -0.39 is 40.9 Å². The number of nitrogens with zero attached hydrogens (tertiary/aromatic N) is 1. The summed E-state index contributed by atoms with van der Waals surface area (Å²) in [5.74, 6) is -5.97. The number of primary amides is 1. The average Bonchev–Trinajstić information content (AvgIpc) is 2.40. The molecule has 0 aliphatic rings. The minimum Gasteiger partial charge on any atom is -0.368 e. The van der Waals surface area contributed by atoms with Crippen LogP contribution in [0.2, 0.25) is 0 Å². The number of nitrogens with one attached hydrogen (secondary N) is 1. The summed E-state index contributed by atoms with van der Waals surface area (Å²) in [5, 5.41) is 10.5. The molecule has 0 saturated heterocycles. The molecule has 0 aliphatic heterocycles. The summed E-state index contributed by atoms with van der Waals surface area (Å²) in [4.78, 5) is 23.1. The standard InChI is InChI=1S/C14H14F3N3O2/c15-8-6-9(16)12(10(17)7-8)14(22)20-11(13(19)21)4-2-1-3-5-18/h6-7,11H,1-4H2,(H2,19,21)(H,20,22)/t11-/m1/s1. The van der Waals surface area contributed by atoms with Crippen molar-refractivity contribution in [3.05, 3.63) is 35.1 Å². The number of amides is 2. The summed E-state index contributed by atoms with van der Waals surface area (Å²) in [5.41, 5.74) is 4.13. The molecule has 1 aromatic carbocycles. The number of benzene rings is 1. The van der Waals surface area contributed by atoms with Crippen LogP contribution < -0.4 is 11.1 Å². The molecule has 0 saturated carbocycles. The van der Waals surface area contributed by atoms with Gasteiger partial charge in [-0.1, -0.05) is 0 Å². The topological polar surface area (TPSA) is 96.0 Å². The van der Waals surface area contributed by atoms with Gasteiger partial charge in [0, 0.05) is 18.6 Å². The summed E-state index contributed by atoms with van der Waals surface area (Å²) in [6.45, 7) is 0. The summed E-state index contributed by atoms with van der Waals surface area (Å²) < 4.78 is 39.7. The fourth-order valence-electron chi connectivity index (χ4n) is 1.83. The van der Waals surface area contributed by atoms with E-state index in [1.165, 1.54) is 0 Å². The van der Waals surface area contributed by atoms with Gasteiger partial charge in [-0.3, -0.25) is 9.59 Å². The number of nitriles is 1. The smallest absolute Gasteiger partial charge is 0.257 e. The highest BCUT2D eigenvalue weighted by Crippen LogP contribution is 2.15. The van der Waals surface area contributed by atoms with Crippen molar-refractivity contribution in [1.29, 1.82) is 5.26 Å². The summed E-state index contributed by atoms with van der Waals surface area (Å²) in [6.07, 6.45) is 1.33. The lowest BCUT2D eigenvalue weighted by molar-refractivity contribution is -0.120. The fraction of sp³-hybridized carbons (Fsp3) is 0.357. The molecule has 2 amide bonds. The van der Waals surface area contributed by atoms with Gasteiger partial charge in [0.1, 0.15) is 29.1 Å². The van der Waals surface area contributed by atoms with Crippen LogP contribution in [-0.2, 0) is 4.79 Å². The maximum atomic E-state index is 13.5. The van der Waals surface area contributed by atoms with Gasteiger partial charge >= 0.3 is 0 Å². The Morgan fingerprint density at radius 1 is 1.23 bits per heavy atom. The van der Waals surface area contributed by atoms with Crippen LogP contribution in [-0.4, -0.2) is 17.9 Å². The summed E-state index contributed by atoms with van der Waals surface area (Å²) >= 11 is 0. The van der Waals surface area contributed by atoms with Crippen molar-refractivity contribution in [1.82, 2.24) is 5.32 Å². The predicted octanol–water partition coefficient (Wildman–Crippen LogP) is 1.77. The third-order valence-corrected chi connectivity index (χ3v) is 2.91. The lowest BCUT2D eigenvalue weighted by Crippen LogP contribution is -2.44. The van der Waals surface area contributed by atoms with Crippen molar-refractivity contribution in [2.45, 2.75) is 31.7 Å². The molecule has 8 heteroatoms. The molecular formula is C14H14F3N3O2. The van der Waals surface area contributed by atoms with Crippen LogP contribution in [0.4, 0.5) is 13.2 Å². The predicted molar refractivity (Wildman–Crippen MR) is 70.8 cm³/mol. The lowest BCUT2D eigenvalue weighted by Gasteiger charge is -2.15. The van der Waals surface area contributed by atoms with Crippen molar-refractivity contribution >= 4 is 11.8 Å². The molecule has 1 aromatic rings. The molecule has 118 valence electrons. The van der Waals surface area contributed by atoms with Crippen molar-refractivity contribution < 1.29 is 22.8 Å². The molecule has 0 aliphatic carbocycles. The monoisotopic (exact) mass is 313 g/mol. The molecule has 1 rings (SSSR count). The van der Waals surface area contributed by atoms with Gasteiger partial charge in [0.05, 0.1) is 6.07 Å². The van der Waals surface area contributed by atoms with Crippen LogP contribution in [0.15, 0.2) is 12.1 Å². The zero-order chi connectivity index (χ0) is 16.7. The quantitative estimate of drug-likeness (QED) is 0.751. The highest BCUT2D eigenvalue weighted by atomic mass is 19.1. The van der Waals surface area contributed by atoms with E-state index in [0.29, 0.717) is 25.0 Å². The number of carbonyl (C=O) groups excluding carboxylic acids is 2. The van der Waals surface area contributed by atoms with E-state index in [0.717, 1.165) is 0 Å². The largest absolute Gasteiger partial charge is 0.368 e. The number of carbonyl (C=O) groups is 2. The van der Waals surface area contributed by atoms with E-state index >= 15 is 0 Å². The van der Waals surface area contributed by atoms with Crippen molar-refractivity contribution in [2.75, 3.05) is 0 Å². The summed E-state index contributed by atoms with van der Waals surface area (Å²) in [6, 6.07) is 1.52. The van der Waals surface area contributed by atoms with E-state index in [4.69, 9.17) is 11.0 Å². The molecule has 0 heterocycles. The Hall–Kier alpha value is -2.56. The minimum absolute atomic E-state index is 0.132. The van der Waals surface area contributed by atoms with Crippen molar-refractivity contribution in [3.63, 3.8) is 0 Å². The zero-order valence-electron chi connectivity index (χ0n) is 11.5. The highest BCUT2D eigenvalue weighted by molar-refractivity contribution is 5.97. The van der Waals surface area contributed by atoms with Crippen LogP contribution in [0.1, 0.15) is 36.0 Å². The average molecular weight is 313 g/mol. The van der Waals surface area contributed by atoms with Crippen LogP contribution in [0, 0.1) is 28.8 Å². The van der Waals surface area contributed by atoms with Gasteiger partial charge in [0.15, 0.2) is 0 Å². The number of halogens is 3. The SMILES string of the molecule is N#CCCCC[C@@H](NC(=O)c1c(F)cc(F)cc1F)C(N)=O. The second-order valence-electron chi connectivity index (χ2n) is 4.58. The van der Waals surface area contributed by atoms with Crippen molar-refractivity contribution in [3.8, 4) is 6.07 Å². The first kappa shape index (κ1) is 17.5. The van der Waals surface area contributed by atoms with Crippen LogP contribution in [0.25, 0.3) is 0 Å². The van der Waals surface area contributed by atoms with Gasteiger partial charge in [-0.25, -0.2) is 13.2 Å². The van der Waals surface area contributed by atoms with E-state index in [-0.39, 0.29) is 12.8 Å². The van der Waals surface area contributed by atoms with Crippen molar-refractivity contribution in [2.24, 2.45) is 5.73 Å².